The van der Waals surface area contributed by atoms with E-state index in [1.165, 1.54) is 5.57 Å². The van der Waals surface area contributed by atoms with Gasteiger partial charge in [0.1, 0.15) is 17.1 Å². The third-order valence-electron chi connectivity index (χ3n) is 4.76. The number of benzene rings is 1. The lowest BCUT2D eigenvalue weighted by Gasteiger charge is -2.35. The van der Waals surface area contributed by atoms with Gasteiger partial charge in [0.25, 0.3) is 0 Å². The van der Waals surface area contributed by atoms with Crippen LogP contribution in [-0.4, -0.2) is 17.0 Å². The van der Waals surface area contributed by atoms with Crippen molar-refractivity contribution in [3.63, 3.8) is 0 Å². The zero-order valence-corrected chi connectivity index (χ0v) is 12.0. The Hall–Kier alpha value is -1.77. The first kappa shape index (κ1) is 13.2. The molecule has 1 aromatic rings. The Morgan fingerprint density at radius 2 is 2.25 bits per heavy atom. The second kappa shape index (κ2) is 4.65. The summed E-state index contributed by atoms with van der Waals surface area (Å²) in [7, 11) is 0. The van der Waals surface area contributed by atoms with Crippen LogP contribution in [0.2, 0.25) is 0 Å². The van der Waals surface area contributed by atoms with Gasteiger partial charge < -0.3 is 9.84 Å². The van der Waals surface area contributed by atoms with Gasteiger partial charge in [0.05, 0.1) is 5.56 Å². The lowest BCUT2D eigenvalue weighted by Crippen LogP contribution is -2.40. The van der Waals surface area contributed by atoms with E-state index in [0.29, 0.717) is 23.7 Å². The molecule has 0 fully saturated rings. The number of ether oxygens (including phenoxy) is 1. The number of carbonyl (C=O) groups is 1. The van der Waals surface area contributed by atoms with Crippen LogP contribution in [0.3, 0.4) is 0 Å². The average Bonchev–Trinajstić information content (AvgIpc) is 2.80. The first-order valence-corrected chi connectivity index (χ1v) is 7.18. The average molecular weight is 272 g/mol. The van der Waals surface area contributed by atoms with Crippen LogP contribution in [-0.2, 0) is 6.42 Å². The van der Waals surface area contributed by atoms with Gasteiger partial charge in [-0.15, -0.1) is 0 Å². The zero-order chi connectivity index (χ0) is 14.3. The van der Waals surface area contributed by atoms with Crippen LogP contribution >= 0.6 is 0 Å². The van der Waals surface area contributed by atoms with Crippen molar-refractivity contribution >= 4 is 6.29 Å². The molecule has 0 aromatic heterocycles. The summed E-state index contributed by atoms with van der Waals surface area (Å²) in [4.78, 5) is 11.1. The molecule has 3 nitrogen and oxygen atoms in total. The van der Waals surface area contributed by atoms with Crippen LogP contribution in [0.4, 0.5) is 0 Å². The summed E-state index contributed by atoms with van der Waals surface area (Å²) >= 11 is 0. The summed E-state index contributed by atoms with van der Waals surface area (Å²) in [5.41, 5.74) is 2.43. The van der Waals surface area contributed by atoms with Gasteiger partial charge in [-0.05, 0) is 45.2 Å². The molecule has 20 heavy (non-hydrogen) atoms. The Bertz CT molecular complexity index is 588. The summed E-state index contributed by atoms with van der Waals surface area (Å²) in [5.74, 6) is 1.24. The third-order valence-corrected chi connectivity index (χ3v) is 4.76. The smallest absolute Gasteiger partial charge is 0.153 e. The van der Waals surface area contributed by atoms with E-state index in [-0.39, 0.29) is 11.4 Å². The Morgan fingerprint density at radius 1 is 1.45 bits per heavy atom. The molecule has 1 aliphatic carbocycles. The van der Waals surface area contributed by atoms with Gasteiger partial charge in [0, 0.05) is 17.9 Å². The molecule has 1 aliphatic heterocycles. The second-order valence-corrected chi connectivity index (χ2v) is 6.21. The van der Waals surface area contributed by atoms with Gasteiger partial charge in [0.2, 0.25) is 0 Å². The lowest BCUT2D eigenvalue weighted by atomic mass is 9.76. The van der Waals surface area contributed by atoms with E-state index in [9.17, 15) is 9.90 Å². The third kappa shape index (κ3) is 2.01. The van der Waals surface area contributed by atoms with Crippen molar-refractivity contribution in [1.29, 1.82) is 0 Å². The second-order valence-electron chi connectivity index (χ2n) is 6.21. The summed E-state index contributed by atoms with van der Waals surface area (Å²) in [5, 5.41) is 10.0. The first-order valence-electron chi connectivity index (χ1n) is 7.18. The summed E-state index contributed by atoms with van der Waals surface area (Å²) < 4.78 is 6.15. The van der Waals surface area contributed by atoms with Crippen molar-refractivity contribution in [1.82, 2.24) is 0 Å². The summed E-state index contributed by atoms with van der Waals surface area (Å²) in [6.45, 7) is 4.26. The van der Waals surface area contributed by atoms with Crippen LogP contribution in [0.1, 0.15) is 49.0 Å². The monoisotopic (exact) mass is 272 g/mol. The summed E-state index contributed by atoms with van der Waals surface area (Å²) in [6, 6.07) is 3.21. The van der Waals surface area contributed by atoms with E-state index in [0.717, 1.165) is 31.1 Å². The van der Waals surface area contributed by atoms with Crippen LogP contribution < -0.4 is 4.74 Å². The number of allylic oxidation sites excluding steroid dienone is 2. The molecule has 2 aliphatic rings. The standard InChI is InChI=1S/C17H20O3/c1-11-3-6-13(7-4-11)17(2)9-14-15(19)8-5-12(10-18)16(14)20-17/h3,5,8,10,13,19H,4,6-7,9H2,1-2H3. The van der Waals surface area contributed by atoms with Crippen molar-refractivity contribution < 1.29 is 14.6 Å². The fourth-order valence-corrected chi connectivity index (χ4v) is 3.39. The Kier molecular flexibility index (Phi) is 3.08. The van der Waals surface area contributed by atoms with E-state index in [4.69, 9.17) is 4.74 Å². The van der Waals surface area contributed by atoms with Gasteiger partial charge in [0.15, 0.2) is 6.29 Å². The highest BCUT2D eigenvalue weighted by Gasteiger charge is 2.43. The molecule has 0 amide bonds. The number of phenols is 1. The quantitative estimate of drug-likeness (QED) is 0.660. The zero-order valence-electron chi connectivity index (χ0n) is 12.0. The van der Waals surface area contributed by atoms with Gasteiger partial charge in [-0.25, -0.2) is 0 Å². The molecule has 3 rings (SSSR count). The number of hydrogen-bond donors (Lipinski definition) is 1. The first-order chi connectivity index (χ1) is 9.53. The maximum absolute atomic E-state index is 11.1. The number of aromatic hydroxyl groups is 1. The maximum atomic E-state index is 11.1. The number of carbonyl (C=O) groups excluding carboxylic acids is 1. The molecule has 106 valence electrons. The molecule has 1 heterocycles. The van der Waals surface area contributed by atoms with Crippen molar-refractivity contribution in [2.24, 2.45) is 5.92 Å². The Labute approximate surface area is 119 Å². The summed E-state index contributed by atoms with van der Waals surface area (Å²) in [6.07, 6.45) is 6.97. The Morgan fingerprint density at radius 3 is 2.90 bits per heavy atom. The molecule has 0 bridgehead atoms. The predicted octanol–water partition coefficient (Wildman–Crippen LogP) is 3.64. The minimum atomic E-state index is -0.323. The molecular weight excluding hydrogens is 252 g/mol. The van der Waals surface area contributed by atoms with Gasteiger partial charge >= 0.3 is 0 Å². The van der Waals surface area contributed by atoms with Gasteiger partial charge in [-0.1, -0.05) is 11.6 Å². The van der Waals surface area contributed by atoms with Crippen molar-refractivity contribution in [3.8, 4) is 11.5 Å². The molecule has 1 N–H and O–H groups in total. The van der Waals surface area contributed by atoms with E-state index in [1.807, 2.05) is 0 Å². The topological polar surface area (TPSA) is 46.5 Å². The molecule has 1 aromatic carbocycles. The van der Waals surface area contributed by atoms with Crippen LogP contribution in [0, 0.1) is 5.92 Å². The SMILES string of the molecule is CC1=CCC(C2(C)Cc3c(O)ccc(C=O)c3O2)CC1. The minimum Gasteiger partial charge on any atom is -0.508 e. The van der Waals surface area contributed by atoms with E-state index in [1.54, 1.807) is 12.1 Å². The molecule has 2 atom stereocenters. The fraction of sp³-hybridized carbons (Fsp3) is 0.471. The number of fused-ring (bicyclic) bond motifs is 1. The molecule has 0 saturated heterocycles. The highest BCUT2D eigenvalue weighted by molar-refractivity contribution is 5.81. The normalized spacial score (nSPS) is 28.5. The van der Waals surface area contributed by atoms with E-state index >= 15 is 0 Å². The number of phenolic OH excluding ortho intramolecular Hbond substituents is 1. The molecule has 2 unspecified atom stereocenters. The minimum absolute atomic E-state index is 0.233. The van der Waals surface area contributed by atoms with E-state index < -0.39 is 0 Å². The molecule has 0 radical (unpaired) electrons. The highest BCUT2D eigenvalue weighted by atomic mass is 16.5. The van der Waals surface area contributed by atoms with Crippen molar-refractivity contribution in [3.05, 3.63) is 34.9 Å². The van der Waals surface area contributed by atoms with Gasteiger partial charge in [-0.2, -0.15) is 0 Å². The van der Waals surface area contributed by atoms with Gasteiger partial charge in [-0.3, -0.25) is 4.79 Å². The van der Waals surface area contributed by atoms with Crippen LogP contribution in [0.15, 0.2) is 23.8 Å². The van der Waals surface area contributed by atoms with E-state index in [2.05, 4.69) is 19.9 Å². The maximum Gasteiger partial charge on any atom is 0.153 e. The molecular formula is C17H20O3. The van der Waals surface area contributed by atoms with Crippen LogP contribution in [0.5, 0.6) is 11.5 Å². The highest BCUT2D eigenvalue weighted by Crippen LogP contribution is 2.47. The molecule has 3 heteroatoms. The van der Waals surface area contributed by atoms with Crippen molar-refractivity contribution in [2.75, 3.05) is 0 Å². The number of hydrogen-bond acceptors (Lipinski definition) is 3. The molecule has 0 saturated carbocycles. The largest absolute Gasteiger partial charge is 0.508 e. The number of aldehydes is 1. The molecule has 0 spiro atoms. The van der Waals surface area contributed by atoms with Crippen LogP contribution in [0.25, 0.3) is 0 Å². The fourth-order valence-electron chi connectivity index (χ4n) is 3.39. The van der Waals surface area contributed by atoms with Crippen molar-refractivity contribution in [2.45, 2.75) is 45.1 Å². The Balaban J connectivity index is 1.93. The number of rotatable bonds is 2. The lowest BCUT2D eigenvalue weighted by molar-refractivity contribution is 0.0415. The predicted molar refractivity (Wildman–Crippen MR) is 77.3 cm³/mol.